The summed E-state index contributed by atoms with van der Waals surface area (Å²) in [5, 5.41) is 2.43. The number of sulfonamides is 1. The molecular weight excluding hydrogens is 359 g/mol. The van der Waals surface area contributed by atoms with Gasteiger partial charge in [0.2, 0.25) is 0 Å². The average molecular weight is 373 g/mol. The molecule has 1 amide bonds. The molecule has 0 fully saturated rings. The number of benzene rings is 2. The maximum Gasteiger partial charge on any atom is 0.264 e. The molecule has 0 spiro atoms. The number of hydrogen-bond donors (Lipinski definition) is 1. The van der Waals surface area contributed by atoms with Crippen LogP contribution in [0, 0.1) is 5.82 Å². The molecule has 0 saturated heterocycles. The Morgan fingerprint density at radius 1 is 1.21 bits per heavy atom. The van der Waals surface area contributed by atoms with Gasteiger partial charge in [0.15, 0.2) is 0 Å². The number of anilines is 1. The zero-order valence-electron chi connectivity index (χ0n) is 12.8. The maximum atomic E-state index is 13.1. The number of nitrogens with zero attached hydrogens (tertiary/aromatic N) is 1. The molecule has 128 valence electrons. The van der Waals surface area contributed by atoms with Gasteiger partial charge in [0, 0.05) is 18.3 Å². The lowest BCUT2D eigenvalue weighted by Crippen LogP contribution is -2.25. The minimum Gasteiger partial charge on any atom is -0.322 e. The van der Waals surface area contributed by atoms with Crippen molar-refractivity contribution in [3.63, 3.8) is 0 Å². The molecule has 24 heavy (non-hydrogen) atoms. The van der Waals surface area contributed by atoms with Crippen LogP contribution in [0.15, 0.2) is 47.4 Å². The van der Waals surface area contributed by atoms with Crippen LogP contribution in [-0.2, 0) is 14.9 Å². The first-order chi connectivity index (χ1) is 11.3. The van der Waals surface area contributed by atoms with E-state index in [0.29, 0.717) is 10.2 Å². The monoisotopic (exact) mass is 372 g/mol. The van der Waals surface area contributed by atoms with E-state index in [1.54, 1.807) is 0 Å². The van der Waals surface area contributed by atoms with Crippen molar-refractivity contribution in [2.45, 2.75) is 4.90 Å². The third-order valence-corrected chi connectivity index (χ3v) is 5.17. The lowest BCUT2D eigenvalue weighted by molar-refractivity contribution is -0.0258. The maximum absolute atomic E-state index is 13.1. The minimum absolute atomic E-state index is 0.0202. The highest BCUT2D eigenvalue weighted by Crippen LogP contribution is 2.20. The molecule has 0 saturated carbocycles. The van der Waals surface area contributed by atoms with Crippen LogP contribution in [0.2, 0.25) is 5.02 Å². The molecule has 9 heteroatoms. The van der Waals surface area contributed by atoms with Crippen molar-refractivity contribution in [1.29, 1.82) is 0 Å². The highest BCUT2D eigenvalue weighted by Gasteiger charge is 2.21. The lowest BCUT2D eigenvalue weighted by Gasteiger charge is -2.14. The van der Waals surface area contributed by atoms with Crippen LogP contribution in [-0.4, -0.2) is 33.0 Å². The van der Waals surface area contributed by atoms with Gasteiger partial charge in [-0.25, -0.2) is 12.8 Å². The van der Waals surface area contributed by atoms with Gasteiger partial charge in [0.25, 0.3) is 15.9 Å². The van der Waals surface area contributed by atoms with Crippen molar-refractivity contribution in [3.05, 3.63) is 58.9 Å². The number of rotatable bonds is 5. The SMILES string of the molecule is CON(C)S(=O)(=O)c1ccc(C(=O)Nc2ccc(F)c(Cl)c2)cc1. The van der Waals surface area contributed by atoms with E-state index in [2.05, 4.69) is 10.2 Å². The molecule has 0 aromatic heterocycles. The van der Waals surface area contributed by atoms with Crippen LogP contribution < -0.4 is 5.32 Å². The van der Waals surface area contributed by atoms with Gasteiger partial charge in [0.1, 0.15) is 5.82 Å². The second-order valence-electron chi connectivity index (χ2n) is 4.70. The summed E-state index contributed by atoms with van der Waals surface area (Å²) in [5.41, 5.74) is 0.552. The summed E-state index contributed by atoms with van der Waals surface area (Å²) in [6.07, 6.45) is 0. The van der Waals surface area contributed by atoms with Crippen molar-refractivity contribution in [3.8, 4) is 0 Å². The molecule has 2 aromatic carbocycles. The van der Waals surface area contributed by atoms with E-state index in [0.717, 1.165) is 6.07 Å². The molecule has 0 aliphatic heterocycles. The van der Waals surface area contributed by atoms with Gasteiger partial charge in [-0.1, -0.05) is 16.1 Å². The van der Waals surface area contributed by atoms with Gasteiger partial charge in [-0.3, -0.25) is 9.63 Å². The molecule has 0 aliphatic carbocycles. The summed E-state index contributed by atoms with van der Waals surface area (Å²) in [4.78, 5) is 16.8. The molecule has 1 N–H and O–H groups in total. The van der Waals surface area contributed by atoms with Crippen molar-refractivity contribution in [1.82, 2.24) is 4.47 Å². The van der Waals surface area contributed by atoms with E-state index in [1.165, 1.54) is 50.6 Å². The fourth-order valence-corrected chi connectivity index (χ4v) is 2.96. The molecule has 0 unspecified atom stereocenters. The number of nitrogens with one attached hydrogen (secondary N) is 1. The van der Waals surface area contributed by atoms with Gasteiger partial charge in [-0.05, 0) is 42.5 Å². The zero-order valence-corrected chi connectivity index (χ0v) is 14.4. The normalized spacial score (nSPS) is 11.5. The Bertz CT molecular complexity index is 856. The third-order valence-electron chi connectivity index (χ3n) is 3.19. The van der Waals surface area contributed by atoms with Crippen molar-refractivity contribution in [2.24, 2.45) is 0 Å². The fraction of sp³-hybridized carbons (Fsp3) is 0.133. The first-order valence-electron chi connectivity index (χ1n) is 6.65. The van der Waals surface area contributed by atoms with Crippen LogP contribution in [0.3, 0.4) is 0 Å². The summed E-state index contributed by atoms with van der Waals surface area (Å²) in [6, 6.07) is 9.07. The van der Waals surface area contributed by atoms with Crippen LogP contribution in [0.5, 0.6) is 0 Å². The quantitative estimate of drug-likeness (QED) is 0.819. The number of amides is 1. The van der Waals surface area contributed by atoms with Crippen LogP contribution >= 0.6 is 11.6 Å². The predicted octanol–water partition coefficient (Wildman–Crippen LogP) is 2.91. The number of hydrogen-bond acceptors (Lipinski definition) is 4. The number of carbonyl (C=O) groups excluding carboxylic acids is 1. The van der Waals surface area contributed by atoms with E-state index in [9.17, 15) is 17.6 Å². The van der Waals surface area contributed by atoms with Crippen LogP contribution in [0.1, 0.15) is 10.4 Å². The van der Waals surface area contributed by atoms with Crippen molar-refractivity contribution >= 4 is 33.2 Å². The van der Waals surface area contributed by atoms with Gasteiger partial charge in [-0.15, -0.1) is 0 Å². The van der Waals surface area contributed by atoms with Crippen molar-refractivity contribution < 1.29 is 22.4 Å². The number of halogens is 2. The minimum atomic E-state index is -3.78. The Kier molecular flexibility index (Phi) is 5.55. The molecule has 6 nitrogen and oxygen atoms in total. The predicted molar refractivity (Wildman–Crippen MR) is 87.8 cm³/mol. The number of hydroxylamine groups is 1. The Morgan fingerprint density at radius 2 is 1.83 bits per heavy atom. The Morgan fingerprint density at radius 3 is 2.38 bits per heavy atom. The Labute approximate surface area is 143 Å². The summed E-state index contributed by atoms with van der Waals surface area (Å²) >= 11 is 5.65. The van der Waals surface area contributed by atoms with Crippen LogP contribution in [0.25, 0.3) is 0 Å². The van der Waals surface area contributed by atoms with Gasteiger partial charge >= 0.3 is 0 Å². The molecule has 0 radical (unpaired) electrons. The summed E-state index contributed by atoms with van der Waals surface area (Å²) in [5.74, 6) is -1.08. The van der Waals surface area contributed by atoms with E-state index in [-0.39, 0.29) is 15.5 Å². The Hall–Kier alpha value is -2.00. The largest absolute Gasteiger partial charge is 0.322 e. The Balaban J connectivity index is 2.18. The molecule has 2 aromatic rings. The first-order valence-corrected chi connectivity index (χ1v) is 8.47. The molecule has 0 aliphatic rings. The third kappa shape index (κ3) is 3.90. The number of carbonyl (C=O) groups is 1. The van der Waals surface area contributed by atoms with E-state index < -0.39 is 21.7 Å². The first kappa shape index (κ1) is 18.3. The standard InChI is InChI=1S/C15H14ClFN2O4S/c1-19(23-2)24(21,22)12-6-3-10(4-7-12)15(20)18-11-5-8-14(17)13(16)9-11/h3-9H,1-2H3,(H,18,20). The second kappa shape index (κ2) is 7.27. The van der Waals surface area contributed by atoms with E-state index >= 15 is 0 Å². The van der Waals surface area contributed by atoms with Gasteiger partial charge in [0.05, 0.1) is 17.0 Å². The van der Waals surface area contributed by atoms with E-state index in [1.807, 2.05) is 0 Å². The van der Waals surface area contributed by atoms with Gasteiger partial charge in [-0.2, -0.15) is 0 Å². The topological polar surface area (TPSA) is 75.7 Å². The summed E-state index contributed by atoms with van der Waals surface area (Å²) in [6.45, 7) is 0. The highest BCUT2D eigenvalue weighted by molar-refractivity contribution is 7.89. The van der Waals surface area contributed by atoms with Gasteiger partial charge < -0.3 is 5.32 Å². The lowest BCUT2D eigenvalue weighted by atomic mass is 10.2. The highest BCUT2D eigenvalue weighted by atomic mass is 35.5. The summed E-state index contributed by atoms with van der Waals surface area (Å²) in [7, 11) is -1.29. The smallest absolute Gasteiger partial charge is 0.264 e. The molecule has 0 bridgehead atoms. The zero-order chi connectivity index (χ0) is 17.9. The van der Waals surface area contributed by atoms with E-state index in [4.69, 9.17) is 11.6 Å². The molecule has 0 atom stereocenters. The van der Waals surface area contributed by atoms with Crippen LogP contribution in [0.4, 0.5) is 10.1 Å². The average Bonchev–Trinajstić information content (AvgIpc) is 2.57. The van der Waals surface area contributed by atoms with Crippen molar-refractivity contribution in [2.75, 3.05) is 19.5 Å². The molecule has 0 heterocycles. The molecular formula is C15H14ClFN2O4S. The molecule has 2 rings (SSSR count). The summed E-state index contributed by atoms with van der Waals surface area (Å²) < 4.78 is 37.9. The fourth-order valence-electron chi connectivity index (χ4n) is 1.80. The second-order valence-corrected chi connectivity index (χ2v) is 7.05.